The van der Waals surface area contributed by atoms with Gasteiger partial charge in [0.1, 0.15) is 0 Å². The van der Waals surface area contributed by atoms with Gasteiger partial charge < -0.3 is 5.32 Å². The zero-order valence-corrected chi connectivity index (χ0v) is 11.3. The SMILES string of the molecule is Cc1cccc(NCCN2CCCC2(C)C)c1. The minimum atomic E-state index is 0.397. The molecule has 0 saturated carbocycles. The predicted octanol–water partition coefficient (Wildman–Crippen LogP) is 3.28. The molecule has 0 aromatic heterocycles. The van der Waals surface area contributed by atoms with E-state index in [9.17, 15) is 0 Å². The van der Waals surface area contributed by atoms with E-state index in [1.54, 1.807) is 0 Å². The molecule has 0 radical (unpaired) electrons. The van der Waals surface area contributed by atoms with Crippen LogP contribution in [0.4, 0.5) is 5.69 Å². The molecule has 2 nitrogen and oxygen atoms in total. The molecule has 1 fully saturated rings. The quantitative estimate of drug-likeness (QED) is 0.857. The molecule has 1 aromatic rings. The fourth-order valence-electron chi connectivity index (χ4n) is 2.67. The fourth-order valence-corrected chi connectivity index (χ4v) is 2.67. The first kappa shape index (κ1) is 12.4. The van der Waals surface area contributed by atoms with E-state index in [1.807, 2.05) is 0 Å². The van der Waals surface area contributed by atoms with E-state index in [1.165, 1.54) is 30.6 Å². The van der Waals surface area contributed by atoms with Crippen LogP contribution in [0.1, 0.15) is 32.3 Å². The number of nitrogens with zero attached hydrogens (tertiary/aromatic N) is 1. The summed E-state index contributed by atoms with van der Waals surface area (Å²) in [5.74, 6) is 0. The largest absolute Gasteiger partial charge is 0.384 e. The average molecular weight is 232 g/mol. The maximum absolute atomic E-state index is 3.51. The maximum atomic E-state index is 3.51. The Morgan fingerprint density at radius 3 is 2.82 bits per heavy atom. The van der Waals surface area contributed by atoms with E-state index in [-0.39, 0.29) is 0 Å². The monoisotopic (exact) mass is 232 g/mol. The Balaban J connectivity index is 1.80. The third kappa shape index (κ3) is 3.22. The first-order chi connectivity index (χ1) is 8.08. The highest BCUT2D eigenvalue weighted by atomic mass is 15.2. The van der Waals surface area contributed by atoms with Crippen molar-refractivity contribution in [3.63, 3.8) is 0 Å². The van der Waals surface area contributed by atoms with E-state index >= 15 is 0 Å². The van der Waals surface area contributed by atoms with Crippen LogP contribution in [0.15, 0.2) is 24.3 Å². The number of benzene rings is 1. The summed E-state index contributed by atoms with van der Waals surface area (Å²) < 4.78 is 0. The van der Waals surface area contributed by atoms with Gasteiger partial charge in [-0.1, -0.05) is 12.1 Å². The normalized spacial score (nSPS) is 19.5. The van der Waals surface area contributed by atoms with E-state index in [0.717, 1.165) is 13.1 Å². The van der Waals surface area contributed by atoms with Gasteiger partial charge in [0.15, 0.2) is 0 Å². The number of likely N-dealkylation sites (tertiary alicyclic amines) is 1. The van der Waals surface area contributed by atoms with Crippen LogP contribution in [0, 0.1) is 6.92 Å². The topological polar surface area (TPSA) is 15.3 Å². The van der Waals surface area contributed by atoms with Gasteiger partial charge in [-0.25, -0.2) is 0 Å². The third-order valence-electron chi connectivity index (χ3n) is 3.80. The first-order valence-electron chi connectivity index (χ1n) is 6.63. The van der Waals surface area contributed by atoms with Crippen LogP contribution in [-0.4, -0.2) is 30.1 Å². The lowest BCUT2D eigenvalue weighted by Crippen LogP contribution is -2.40. The molecular weight excluding hydrogens is 208 g/mol. The smallest absolute Gasteiger partial charge is 0.0343 e. The summed E-state index contributed by atoms with van der Waals surface area (Å²) in [7, 11) is 0. The number of aryl methyl sites for hydroxylation is 1. The molecule has 0 amide bonds. The Morgan fingerprint density at radius 2 is 2.18 bits per heavy atom. The molecule has 0 aliphatic carbocycles. The molecule has 1 aliphatic rings. The fraction of sp³-hybridized carbons (Fsp3) is 0.600. The van der Waals surface area contributed by atoms with Crippen LogP contribution in [0.25, 0.3) is 0 Å². The van der Waals surface area contributed by atoms with Crippen molar-refractivity contribution in [2.24, 2.45) is 0 Å². The second-order valence-electron chi connectivity index (χ2n) is 5.70. The van der Waals surface area contributed by atoms with Crippen molar-refractivity contribution in [1.29, 1.82) is 0 Å². The molecule has 0 spiro atoms. The highest BCUT2D eigenvalue weighted by Crippen LogP contribution is 2.27. The van der Waals surface area contributed by atoms with Crippen molar-refractivity contribution in [1.82, 2.24) is 4.90 Å². The standard InChI is InChI=1S/C15H24N2/c1-13-6-4-7-14(12-13)16-9-11-17-10-5-8-15(17,2)3/h4,6-7,12,16H,5,8-11H2,1-3H3. The van der Waals surface area contributed by atoms with Crippen molar-refractivity contribution in [2.45, 2.75) is 39.2 Å². The van der Waals surface area contributed by atoms with Crippen LogP contribution >= 0.6 is 0 Å². The molecule has 17 heavy (non-hydrogen) atoms. The predicted molar refractivity (Wildman–Crippen MR) is 74.6 cm³/mol. The van der Waals surface area contributed by atoms with E-state index in [4.69, 9.17) is 0 Å². The molecule has 0 bridgehead atoms. The van der Waals surface area contributed by atoms with E-state index in [2.05, 4.69) is 55.3 Å². The number of rotatable bonds is 4. The Labute approximate surface area is 105 Å². The van der Waals surface area contributed by atoms with Crippen LogP contribution in [0.3, 0.4) is 0 Å². The van der Waals surface area contributed by atoms with Gasteiger partial charge in [-0.05, 0) is 57.9 Å². The maximum Gasteiger partial charge on any atom is 0.0343 e. The zero-order valence-electron chi connectivity index (χ0n) is 11.3. The van der Waals surface area contributed by atoms with Crippen LogP contribution in [-0.2, 0) is 0 Å². The summed E-state index contributed by atoms with van der Waals surface area (Å²) in [5, 5.41) is 3.51. The Kier molecular flexibility index (Phi) is 3.72. The van der Waals surface area contributed by atoms with Crippen LogP contribution < -0.4 is 5.32 Å². The molecule has 0 atom stereocenters. The Bertz CT molecular complexity index is 371. The molecular formula is C15H24N2. The molecule has 1 aliphatic heterocycles. The Hall–Kier alpha value is -1.02. The van der Waals surface area contributed by atoms with Crippen LogP contribution in [0.5, 0.6) is 0 Å². The van der Waals surface area contributed by atoms with Crippen LogP contribution in [0.2, 0.25) is 0 Å². The first-order valence-corrected chi connectivity index (χ1v) is 6.63. The van der Waals surface area contributed by atoms with Gasteiger partial charge in [0.05, 0.1) is 0 Å². The van der Waals surface area contributed by atoms with Gasteiger partial charge in [0, 0.05) is 24.3 Å². The minimum absolute atomic E-state index is 0.397. The lowest BCUT2D eigenvalue weighted by molar-refractivity contribution is 0.182. The van der Waals surface area contributed by atoms with Gasteiger partial charge >= 0.3 is 0 Å². The van der Waals surface area contributed by atoms with Gasteiger partial charge in [-0.3, -0.25) is 4.90 Å². The van der Waals surface area contributed by atoms with Crippen molar-refractivity contribution in [2.75, 3.05) is 25.0 Å². The average Bonchev–Trinajstić information content (AvgIpc) is 2.58. The van der Waals surface area contributed by atoms with Gasteiger partial charge in [-0.15, -0.1) is 0 Å². The molecule has 0 unspecified atom stereocenters. The summed E-state index contributed by atoms with van der Waals surface area (Å²) in [6.07, 6.45) is 2.68. The number of nitrogens with one attached hydrogen (secondary N) is 1. The van der Waals surface area contributed by atoms with E-state index < -0.39 is 0 Å². The van der Waals surface area contributed by atoms with Crippen molar-refractivity contribution in [3.8, 4) is 0 Å². The molecule has 1 aromatic carbocycles. The number of hydrogen-bond donors (Lipinski definition) is 1. The van der Waals surface area contributed by atoms with Gasteiger partial charge in [0.2, 0.25) is 0 Å². The summed E-state index contributed by atoms with van der Waals surface area (Å²) in [5.41, 5.74) is 2.95. The minimum Gasteiger partial charge on any atom is -0.384 e. The second kappa shape index (κ2) is 5.09. The highest BCUT2D eigenvalue weighted by molar-refractivity contribution is 5.45. The molecule has 1 heterocycles. The molecule has 94 valence electrons. The molecule has 2 rings (SSSR count). The molecule has 1 N–H and O–H groups in total. The lowest BCUT2D eigenvalue weighted by Gasteiger charge is -2.31. The third-order valence-corrected chi connectivity index (χ3v) is 3.80. The number of hydrogen-bond acceptors (Lipinski definition) is 2. The summed E-state index contributed by atoms with van der Waals surface area (Å²) in [6, 6.07) is 8.59. The summed E-state index contributed by atoms with van der Waals surface area (Å²) in [6.45, 7) is 10.3. The van der Waals surface area contributed by atoms with E-state index in [0.29, 0.717) is 5.54 Å². The van der Waals surface area contributed by atoms with Gasteiger partial charge in [-0.2, -0.15) is 0 Å². The number of anilines is 1. The van der Waals surface area contributed by atoms with Crippen molar-refractivity contribution in [3.05, 3.63) is 29.8 Å². The molecule has 1 saturated heterocycles. The highest BCUT2D eigenvalue weighted by Gasteiger charge is 2.30. The lowest BCUT2D eigenvalue weighted by atomic mass is 10.0. The summed E-state index contributed by atoms with van der Waals surface area (Å²) >= 11 is 0. The van der Waals surface area contributed by atoms with Crippen molar-refractivity contribution < 1.29 is 0 Å². The Morgan fingerprint density at radius 1 is 1.35 bits per heavy atom. The van der Waals surface area contributed by atoms with Crippen molar-refractivity contribution >= 4 is 5.69 Å². The molecule has 2 heteroatoms. The zero-order chi connectivity index (χ0) is 12.3. The summed E-state index contributed by atoms with van der Waals surface area (Å²) in [4.78, 5) is 2.59. The second-order valence-corrected chi connectivity index (χ2v) is 5.70. The van der Waals surface area contributed by atoms with Gasteiger partial charge in [0.25, 0.3) is 0 Å².